The third kappa shape index (κ3) is 4.20. The highest BCUT2D eigenvalue weighted by atomic mass is 16.5. The molecule has 0 bridgehead atoms. The largest absolute Gasteiger partial charge is 0.368 e. The highest BCUT2D eigenvalue weighted by Crippen LogP contribution is 2.21. The van der Waals surface area contributed by atoms with Crippen LogP contribution in [0.5, 0.6) is 0 Å². The number of hydrogen-bond acceptors (Lipinski definition) is 6. The summed E-state index contributed by atoms with van der Waals surface area (Å²) >= 11 is 0. The Balaban J connectivity index is 1.49. The summed E-state index contributed by atoms with van der Waals surface area (Å²) in [6.45, 7) is 4.35. The summed E-state index contributed by atoms with van der Waals surface area (Å²) in [4.78, 5) is 25.0. The fourth-order valence-corrected chi connectivity index (χ4v) is 3.32. The lowest BCUT2D eigenvalue weighted by Gasteiger charge is -2.12. The Bertz CT molecular complexity index is 1090. The van der Waals surface area contributed by atoms with Crippen LogP contribution in [0.1, 0.15) is 34.6 Å². The van der Waals surface area contributed by atoms with Gasteiger partial charge in [-0.3, -0.25) is 9.59 Å². The predicted molar refractivity (Wildman–Crippen MR) is 111 cm³/mol. The van der Waals surface area contributed by atoms with Gasteiger partial charge in [0, 0.05) is 23.5 Å². The molecule has 1 aliphatic heterocycles. The Labute approximate surface area is 173 Å². The monoisotopic (exact) mass is 406 g/mol. The topological polar surface area (TPSA) is 111 Å². The molecule has 30 heavy (non-hydrogen) atoms. The molecule has 0 radical (unpaired) electrons. The van der Waals surface area contributed by atoms with Crippen LogP contribution in [-0.2, 0) is 9.53 Å². The first-order valence-corrected chi connectivity index (χ1v) is 9.71. The third-order valence-corrected chi connectivity index (χ3v) is 4.94. The maximum Gasteiger partial charge on any atom is 0.255 e. The summed E-state index contributed by atoms with van der Waals surface area (Å²) in [5, 5.41) is 17.3. The first kappa shape index (κ1) is 19.7. The van der Waals surface area contributed by atoms with Crippen molar-refractivity contribution >= 4 is 23.2 Å². The van der Waals surface area contributed by atoms with E-state index in [0.717, 1.165) is 17.7 Å². The van der Waals surface area contributed by atoms with Gasteiger partial charge in [-0.15, -0.1) is 5.10 Å². The zero-order valence-corrected chi connectivity index (χ0v) is 16.8. The van der Waals surface area contributed by atoms with Gasteiger partial charge in [0.05, 0.1) is 5.69 Å². The fraction of sp³-hybridized carbons (Fsp3) is 0.286. The van der Waals surface area contributed by atoms with Gasteiger partial charge in [-0.2, -0.15) is 4.68 Å². The molecule has 1 aromatic heterocycles. The van der Waals surface area contributed by atoms with Crippen molar-refractivity contribution in [2.45, 2.75) is 32.8 Å². The SMILES string of the molecule is Cc1ccc(NC(=O)c2cccc(NC(=O)C3CCCO3)c2)cc1-n1nnnc1C. The van der Waals surface area contributed by atoms with Crippen molar-refractivity contribution in [3.05, 3.63) is 59.4 Å². The summed E-state index contributed by atoms with van der Waals surface area (Å²) in [5.74, 6) is 0.174. The second-order valence-corrected chi connectivity index (χ2v) is 7.17. The summed E-state index contributed by atoms with van der Waals surface area (Å²) in [6, 6.07) is 12.3. The standard InChI is InChI=1S/C21H22N6O3/c1-13-8-9-17(12-18(13)27-14(2)24-25-26-27)22-20(28)15-5-3-6-16(11-15)23-21(29)19-7-4-10-30-19/h3,5-6,8-9,11-12,19H,4,7,10H2,1-2H3,(H,22,28)(H,23,29). The minimum Gasteiger partial charge on any atom is -0.368 e. The van der Waals surface area contributed by atoms with E-state index in [4.69, 9.17) is 4.74 Å². The van der Waals surface area contributed by atoms with E-state index in [-0.39, 0.29) is 11.8 Å². The maximum atomic E-state index is 12.8. The summed E-state index contributed by atoms with van der Waals surface area (Å²) in [5.41, 5.74) is 3.36. The van der Waals surface area contributed by atoms with Crippen molar-refractivity contribution in [3.63, 3.8) is 0 Å². The van der Waals surface area contributed by atoms with Gasteiger partial charge in [0.25, 0.3) is 11.8 Å². The van der Waals surface area contributed by atoms with Gasteiger partial charge in [-0.05, 0) is 73.0 Å². The number of nitrogens with zero attached hydrogens (tertiary/aromatic N) is 4. The molecule has 2 amide bonds. The number of carbonyl (C=O) groups excluding carboxylic acids is 2. The van der Waals surface area contributed by atoms with E-state index in [1.807, 2.05) is 25.1 Å². The quantitative estimate of drug-likeness (QED) is 0.674. The Hall–Kier alpha value is -3.59. The lowest BCUT2D eigenvalue weighted by atomic mass is 10.1. The average Bonchev–Trinajstić information content (AvgIpc) is 3.42. The second kappa shape index (κ2) is 8.42. The first-order chi connectivity index (χ1) is 14.5. The molecule has 3 aromatic rings. The Kier molecular flexibility index (Phi) is 5.53. The van der Waals surface area contributed by atoms with E-state index in [9.17, 15) is 9.59 Å². The van der Waals surface area contributed by atoms with Crippen molar-refractivity contribution in [2.24, 2.45) is 0 Å². The molecule has 1 saturated heterocycles. The first-order valence-electron chi connectivity index (χ1n) is 9.71. The van der Waals surface area contributed by atoms with E-state index in [0.29, 0.717) is 35.8 Å². The molecule has 2 heterocycles. The van der Waals surface area contributed by atoms with Gasteiger partial charge in [0.15, 0.2) is 5.82 Å². The van der Waals surface area contributed by atoms with Gasteiger partial charge < -0.3 is 15.4 Å². The molecular weight excluding hydrogens is 384 g/mol. The van der Waals surface area contributed by atoms with Crippen molar-refractivity contribution in [1.82, 2.24) is 20.2 Å². The Morgan fingerprint density at radius 2 is 1.93 bits per heavy atom. The van der Waals surface area contributed by atoms with Gasteiger partial charge in [0.1, 0.15) is 6.10 Å². The molecule has 1 unspecified atom stereocenters. The van der Waals surface area contributed by atoms with Crippen molar-refractivity contribution in [3.8, 4) is 5.69 Å². The molecule has 2 aromatic carbocycles. The minimum absolute atomic E-state index is 0.190. The number of aromatic nitrogens is 4. The molecule has 0 saturated carbocycles. The lowest BCUT2D eigenvalue weighted by molar-refractivity contribution is -0.124. The number of carbonyl (C=O) groups is 2. The maximum absolute atomic E-state index is 12.8. The molecule has 1 atom stereocenters. The number of tetrazole rings is 1. The van der Waals surface area contributed by atoms with Crippen molar-refractivity contribution in [1.29, 1.82) is 0 Å². The molecule has 154 valence electrons. The molecule has 9 heteroatoms. The number of amides is 2. The van der Waals surface area contributed by atoms with Gasteiger partial charge in [-0.25, -0.2) is 0 Å². The van der Waals surface area contributed by atoms with Crippen LogP contribution in [0, 0.1) is 13.8 Å². The van der Waals surface area contributed by atoms with E-state index in [1.165, 1.54) is 0 Å². The Morgan fingerprint density at radius 3 is 2.67 bits per heavy atom. The van der Waals surface area contributed by atoms with Crippen LogP contribution >= 0.6 is 0 Å². The molecule has 9 nitrogen and oxygen atoms in total. The predicted octanol–water partition coefficient (Wildman–Crippen LogP) is 2.65. The number of nitrogens with one attached hydrogen (secondary N) is 2. The van der Waals surface area contributed by atoms with E-state index in [2.05, 4.69) is 26.2 Å². The van der Waals surface area contributed by atoms with Crippen LogP contribution in [-0.4, -0.2) is 44.7 Å². The van der Waals surface area contributed by atoms with Gasteiger partial charge in [0.2, 0.25) is 0 Å². The highest BCUT2D eigenvalue weighted by molar-refractivity contribution is 6.05. The summed E-state index contributed by atoms with van der Waals surface area (Å²) < 4.78 is 7.01. The number of rotatable bonds is 5. The van der Waals surface area contributed by atoms with Crippen LogP contribution in [0.2, 0.25) is 0 Å². The number of aryl methyl sites for hydroxylation is 2. The minimum atomic E-state index is -0.428. The lowest BCUT2D eigenvalue weighted by Crippen LogP contribution is -2.27. The zero-order chi connectivity index (χ0) is 21.1. The van der Waals surface area contributed by atoms with Crippen LogP contribution in [0.25, 0.3) is 5.69 Å². The highest BCUT2D eigenvalue weighted by Gasteiger charge is 2.23. The van der Waals surface area contributed by atoms with Crippen LogP contribution in [0.4, 0.5) is 11.4 Å². The summed E-state index contributed by atoms with van der Waals surface area (Å²) in [7, 11) is 0. The smallest absolute Gasteiger partial charge is 0.255 e. The molecule has 1 aliphatic rings. The fourth-order valence-electron chi connectivity index (χ4n) is 3.32. The van der Waals surface area contributed by atoms with E-state index in [1.54, 1.807) is 35.9 Å². The average molecular weight is 406 g/mol. The van der Waals surface area contributed by atoms with Crippen LogP contribution in [0.15, 0.2) is 42.5 Å². The Morgan fingerprint density at radius 1 is 1.10 bits per heavy atom. The molecule has 4 rings (SSSR count). The van der Waals surface area contributed by atoms with E-state index < -0.39 is 6.10 Å². The molecule has 0 spiro atoms. The van der Waals surface area contributed by atoms with Gasteiger partial charge in [-0.1, -0.05) is 12.1 Å². The molecule has 2 N–H and O–H groups in total. The number of hydrogen-bond donors (Lipinski definition) is 2. The number of ether oxygens (including phenoxy) is 1. The molecular formula is C21H22N6O3. The van der Waals surface area contributed by atoms with E-state index >= 15 is 0 Å². The number of benzene rings is 2. The normalized spacial score (nSPS) is 15.7. The third-order valence-electron chi connectivity index (χ3n) is 4.94. The van der Waals surface area contributed by atoms with Crippen LogP contribution in [0.3, 0.4) is 0 Å². The molecule has 0 aliphatic carbocycles. The zero-order valence-electron chi connectivity index (χ0n) is 16.8. The summed E-state index contributed by atoms with van der Waals surface area (Å²) in [6.07, 6.45) is 1.16. The molecule has 1 fully saturated rings. The van der Waals surface area contributed by atoms with Crippen LogP contribution < -0.4 is 10.6 Å². The van der Waals surface area contributed by atoms with Gasteiger partial charge >= 0.3 is 0 Å². The number of anilines is 2. The van der Waals surface area contributed by atoms with Crippen molar-refractivity contribution < 1.29 is 14.3 Å². The second-order valence-electron chi connectivity index (χ2n) is 7.17. The van der Waals surface area contributed by atoms with Crippen molar-refractivity contribution in [2.75, 3.05) is 17.2 Å².